The number of nitrogens with zero attached hydrogens (tertiary/aromatic N) is 2. The van der Waals surface area contributed by atoms with Crippen LogP contribution in [0.15, 0.2) is 30.3 Å². The highest BCUT2D eigenvalue weighted by molar-refractivity contribution is 7.89. The molecule has 0 aromatic heterocycles. The molecule has 154 valence electrons. The molecular formula is C18H30ClN3O4S. The topological polar surface area (TPSA) is 92.9 Å². The summed E-state index contributed by atoms with van der Waals surface area (Å²) in [4.78, 5) is 14.1. The van der Waals surface area contributed by atoms with Crippen molar-refractivity contribution in [1.29, 1.82) is 0 Å². The largest absolute Gasteiger partial charge is 0.378 e. The van der Waals surface area contributed by atoms with Crippen molar-refractivity contribution in [3.8, 4) is 0 Å². The second kappa shape index (κ2) is 11.0. The number of benzene rings is 1. The molecule has 1 fully saturated rings. The zero-order valence-electron chi connectivity index (χ0n) is 15.9. The lowest BCUT2D eigenvalue weighted by Crippen LogP contribution is -2.51. The third kappa shape index (κ3) is 7.38. The molecule has 0 spiro atoms. The summed E-state index contributed by atoms with van der Waals surface area (Å²) in [6.07, 6.45) is 0.229. The average Bonchev–Trinajstić information content (AvgIpc) is 2.62. The zero-order chi connectivity index (χ0) is 19.2. The van der Waals surface area contributed by atoms with E-state index in [0.29, 0.717) is 26.2 Å². The molecule has 1 atom stereocenters. The van der Waals surface area contributed by atoms with Crippen molar-refractivity contribution in [2.75, 3.05) is 38.5 Å². The van der Waals surface area contributed by atoms with Crippen molar-refractivity contribution < 1.29 is 17.9 Å². The predicted octanol–water partition coefficient (Wildman–Crippen LogP) is 1.40. The van der Waals surface area contributed by atoms with Crippen molar-refractivity contribution >= 4 is 28.3 Å². The van der Waals surface area contributed by atoms with E-state index in [9.17, 15) is 13.2 Å². The van der Waals surface area contributed by atoms with Crippen molar-refractivity contribution in [3.05, 3.63) is 35.9 Å². The molecule has 2 rings (SSSR count). The van der Waals surface area contributed by atoms with E-state index in [4.69, 9.17) is 10.5 Å². The second-order valence-electron chi connectivity index (χ2n) is 6.74. The molecule has 7 nitrogen and oxygen atoms in total. The van der Waals surface area contributed by atoms with Crippen LogP contribution in [-0.2, 0) is 19.6 Å². The molecule has 1 saturated heterocycles. The number of nitrogens with two attached hydrogens (primary N) is 1. The number of piperazine rings is 1. The van der Waals surface area contributed by atoms with Gasteiger partial charge in [-0.1, -0.05) is 30.3 Å². The van der Waals surface area contributed by atoms with Gasteiger partial charge in [0.1, 0.15) is 0 Å². The fourth-order valence-corrected chi connectivity index (χ4v) is 4.15. The summed E-state index contributed by atoms with van der Waals surface area (Å²) in [5.41, 5.74) is 7.03. The third-order valence-electron chi connectivity index (χ3n) is 4.40. The first-order chi connectivity index (χ1) is 12.3. The Hall–Kier alpha value is -1.19. The van der Waals surface area contributed by atoms with Crippen molar-refractivity contribution in [2.24, 2.45) is 5.73 Å². The summed E-state index contributed by atoms with van der Waals surface area (Å²) in [6.45, 7) is 5.35. The molecule has 1 aliphatic rings. The number of halogens is 1. The Morgan fingerprint density at radius 1 is 1.15 bits per heavy atom. The number of amides is 1. The van der Waals surface area contributed by atoms with E-state index in [1.807, 2.05) is 44.2 Å². The van der Waals surface area contributed by atoms with Gasteiger partial charge in [-0.3, -0.25) is 4.79 Å². The number of hydrogen-bond acceptors (Lipinski definition) is 5. The van der Waals surface area contributed by atoms with E-state index >= 15 is 0 Å². The van der Waals surface area contributed by atoms with E-state index in [-0.39, 0.29) is 49.2 Å². The number of carbonyl (C=O) groups excluding carboxylic acids is 1. The molecule has 1 aliphatic heterocycles. The Balaban J connectivity index is 0.00000364. The number of ether oxygens (including phenoxy) is 1. The molecule has 2 N–H and O–H groups in total. The summed E-state index contributed by atoms with van der Waals surface area (Å²) < 4.78 is 31.4. The van der Waals surface area contributed by atoms with E-state index < -0.39 is 10.0 Å². The molecule has 1 heterocycles. The Morgan fingerprint density at radius 2 is 1.74 bits per heavy atom. The van der Waals surface area contributed by atoms with Gasteiger partial charge in [0.2, 0.25) is 15.9 Å². The van der Waals surface area contributed by atoms with Gasteiger partial charge in [0.25, 0.3) is 0 Å². The van der Waals surface area contributed by atoms with Crippen LogP contribution in [0.4, 0.5) is 0 Å². The van der Waals surface area contributed by atoms with Crippen LogP contribution in [0.25, 0.3) is 0 Å². The van der Waals surface area contributed by atoms with Gasteiger partial charge in [-0.2, -0.15) is 4.31 Å². The first-order valence-electron chi connectivity index (χ1n) is 8.97. The Morgan fingerprint density at radius 3 is 2.30 bits per heavy atom. The first kappa shape index (κ1) is 23.8. The molecule has 0 aliphatic carbocycles. The number of hydrogen-bond donors (Lipinski definition) is 1. The fraction of sp³-hybridized carbons (Fsp3) is 0.611. The summed E-state index contributed by atoms with van der Waals surface area (Å²) in [7, 11) is -3.35. The minimum atomic E-state index is -3.35. The lowest BCUT2D eigenvalue weighted by Gasteiger charge is -2.34. The molecule has 0 saturated carbocycles. The van der Waals surface area contributed by atoms with Crippen LogP contribution in [0, 0.1) is 0 Å². The van der Waals surface area contributed by atoms with Gasteiger partial charge < -0.3 is 15.4 Å². The van der Waals surface area contributed by atoms with Crippen LogP contribution in [-0.4, -0.2) is 68.2 Å². The average molecular weight is 420 g/mol. The SMILES string of the molecule is CC(C)OCCS(=O)(=O)N1CCN(C(=O)CC(N)c2ccccc2)CC1.Cl. The highest BCUT2D eigenvalue weighted by atomic mass is 35.5. The molecule has 9 heteroatoms. The number of rotatable bonds is 8. The van der Waals surface area contributed by atoms with Crippen LogP contribution in [0.3, 0.4) is 0 Å². The monoisotopic (exact) mass is 419 g/mol. The molecule has 1 amide bonds. The maximum absolute atomic E-state index is 12.4. The Kier molecular flexibility index (Phi) is 9.69. The van der Waals surface area contributed by atoms with Gasteiger partial charge >= 0.3 is 0 Å². The van der Waals surface area contributed by atoms with Gasteiger partial charge in [0.15, 0.2) is 0 Å². The van der Waals surface area contributed by atoms with Gasteiger partial charge in [-0.25, -0.2) is 8.42 Å². The lowest BCUT2D eigenvalue weighted by atomic mass is 10.0. The predicted molar refractivity (Wildman–Crippen MR) is 108 cm³/mol. The van der Waals surface area contributed by atoms with Crippen molar-refractivity contribution in [1.82, 2.24) is 9.21 Å². The Labute approximate surface area is 168 Å². The molecule has 1 aromatic rings. The molecule has 0 radical (unpaired) electrons. The summed E-state index contributed by atoms with van der Waals surface area (Å²) in [5, 5.41) is 0. The van der Waals surface area contributed by atoms with E-state index in [2.05, 4.69) is 0 Å². The van der Waals surface area contributed by atoms with Crippen LogP contribution in [0.5, 0.6) is 0 Å². The lowest BCUT2D eigenvalue weighted by molar-refractivity contribution is -0.132. The van der Waals surface area contributed by atoms with Crippen LogP contribution >= 0.6 is 12.4 Å². The molecular weight excluding hydrogens is 390 g/mol. The molecule has 27 heavy (non-hydrogen) atoms. The zero-order valence-corrected chi connectivity index (χ0v) is 17.5. The minimum Gasteiger partial charge on any atom is -0.378 e. The van der Waals surface area contributed by atoms with Crippen molar-refractivity contribution in [2.45, 2.75) is 32.4 Å². The fourth-order valence-electron chi connectivity index (χ4n) is 2.87. The summed E-state index contributed by atoms with van der Waals surface area (Å²) in [6, 6.07) is 9.16. The van der Waals surface area contributed by atoms with Gasteiger partial charge in [0.05, 0.1) is 18.5 Å². The van der Waals surface area contributed by atoms with Gasteiger partial charge in [-0.05, 0) is 19.4 Å². The first-order valence-corrected chi connectivity index (χ1v) is 10.6. The molecule has 1 aromatic carbocycles. The number of sulfonamides is 1. The van der Waals surface area contributed by atoms with Crippen LogP contribution < -0.4 is 5.73 Å². The quantitative estimate of drug-likeness (QED) is 0.687. The standard InChI is InChI=1S/C18H29N3O4S.ClH/c1-15(2)25-12-13-26(23,24)21-10-8-20(9-11-21)18(22)14-17(19)16-6-4-3-5-7-16;/h3-7,15,17H,8-14,19H2,1-2H3;1H. The highest BCUT2D eigenvalue weighted by Gasteiger charge is 2.29. The van der Waals surface area contributed by atoms with E-state index in [1.165, 1.54) is 4.31 Å². The summed E-state index contributed by atoms with van der Waals surface area (Å²) >= 11 is 0. The Bertz CT molecular complexity index is 677. The third-order valence-corrected chi connectivity index (χ3v) is 6.23. The van der Waals surface area contributed by atoms with E-state index in [0.717, 1.165) is 5.56 Å². The normalized spacial score (nSPS) is 16.8. The van der Waals surface area contributed by atoms with E-state index in [1.54, 1.807) is 4.90 Å². The van der Waals surface area contributed by atoms with Crippen LogP contribution in [0.1, 0.15) is 31.9 Å². The molecule has 1 unspecified atom stereocenters. The minimum absolute atomic E-state index is 0. The van der Waals surface area contributed by atoms with Crippen LogP contribution in [0.2, 0.25) is 0 Å². The van der Waals surface area contributed by atoms with Gasteiger partial charge in [0, 0.05) is 38.6 Å². The maximum Gasteiger partial charge on any atom is 0.224 e. The maximum atomic E-state index is 12.4. The smallest absolute Gasteiger partial charge is 0.224 e. The highest BCUT2D eigenvalue weighted by Crippen LogP contribution is 2.16. The second-order valence-corrected chi connectivity index (χ2v) is 8.83. The molecule has 0 bridgehead atoms. The van der Waals surface area contributed by atoms with Gasteiger partial charge in [-0.15, -0.1) is 12.4 Å². The number of carbonyl (C=O) groups is 1. The van der Waals surface area contributed by atoms with Crippen molar-refractivity contribution in [3.63, 3.8) is 0 Å². The summed E-state index contributed by atoms with van der Waals surface area (Å²) in [5.74, 6) is -0.0700.